The molecule has 0 aliphatic carbocycles. The van der Waals surface area contributed by atoms with Crippen molar-refractivity contribution in [1.29, 1.82) is 0 Å². The van der Waals surface area contributed by atoms with Crippen molar-refractivity contribution in [2.75, 3.05) is 7.11 Å². The highest BCUT2D eigenvalue weighted by molar-refractivity contribution is 9.10. The largest absolute Gasteiger partial charge is 0.465 e. The lowest BCUT2D eigenvalue weighted by Gasteiger charge is -2.05. The second-order valence-electron chi connectivity index (χ2n) is 2.36. The van der Waals surface area contributed by atoms with Crippen LogP contribution in [-0.4, -0.2) is 18.1 Å². The Morgan fingerprint density at radius 1 is 1.57 bits per heavy atom. The molecule has 14 heavy (non-hydrogen) atoms. The Labute approximate surface area is 87.2 Å². The molecule has 0 bridgehead atoms. The van der Waals surface area contributed by atoms with E-state index in [0.29, 0.717) is 0 Å². The Morgan fingerprint density at radius 3 is 2.71 bits per heavy atom. The summed E-state index contributed by atoms with van der Waals surface area (Å²) in [5.74, 6) is -0.819. The third kappa shape index (κ3) is 2.25. The van der Waals surface area contributed by atoms with Crippen LogP contribution in [0.1, 0.15) is 22.5 Å². The highest BCUT2D eigenvalue weighted by atomic mass is 79.9. The van der Waals surface area contributed by atoms with Gasteiger partial charge in [0.05, 0.1) is 12.7 Å². The Bertz CT molecular complexity index is 357. The number of methoxy groups -OCH3 is 1. The van der Waals surface area contributed by atoms with Crippen LogP contribution >= 0.6 is 15.9 Å². The molecule has 0 saturated carbocycles. The highest BCUT2D eigenvalue weighted by Crippen LogP contribution is 2.23. The van der Waals surface area contributed by atoms with Crippen LogP contribution in [0.5, 0.6) is 0 Å². The summed E-state index contributed by atoms with van der Waals surface area (Å²) in [7, 11) is 1.12. The maximum Gasteiger partial charge on any atom is 0.339 e. The standard InChI is InChI=1S/C8H6BrF2NO2/c1-14-8(13)4-2-3-5(9)12-6(4)7(10)11/h2-3,7H,1H3. The number of carbonyl (C=O) groups is 1. The summed E-state index contributed by atoms with van der Waals surface area (Å²) >= 11 is 2.94. The predicted molar refractivity (Wildman–Crippen MR) is 48.2 cm³/mol. The van der Waals surface area contributed by atoms with Gasteiger partial charge < -0.3 is 4.74 Å². The topological polar surface area (TPSA) is 39.2 Å². The third-order valence-electron chi connectivity index (χ3n) is 1.50. The van der Waals surface area contributed by atoms with E-state index in [9.17, 15) is 13.6 Å². The van der Waals surface area contributed by atoms with Gasteiger partial charge in [-0.2, -0.15) is 0 Å². The summed E-state index contributed by atoms with van der Waals surface area (Å²) in [5.41, 5.74) is -0.795. The number of pyridine rings is 1. The first-order chi connectivity index (χ1) is 6.56. The zero-order chi connectivity index (χ0) is 10.7. The van der Waals surface area contributed by atoms with Gasteiger partial charge in [-0.1, -0.05) is 0 Å². The predicted octanol–water partition coefficient (Wildman–Crippen LogP) is 2.57. The van der Waals surface area contributed by atoms with Gasteiger partial charge >= 0.3 is 5.97 Å². The van der Waals surface area contributed by atoms with Crippen molar-refractivity contribution in [3.63, 3.8) is 0 Å². The van der Waals surface area contributed by atoms with Crippen LogP contribution < -0.4 is 0 Å². The monoisotopic (exact) mass is 265 g/mol. The summed E-state index contributed by atoms with van der Waals surface area (Å²) < 4.78 is 29.4. The van der Waals surface area contributed by atoms with Crippen LogP contribution in [0.25, 0.3) is 0 Å². The van der Waals surface area contributed by atoms with Crippen LogP contribution in [0, 0.1) is 0 Å². The molecule has 6 heteroatoms. The zero-order valence-corrected chi connectivity index (χ0v) is 8.72. The Kier molecular flexibility index (Phi) is 3.51. The average Bonchev–Trinajstić information content (AvgIpc) is 2.16. The summed E-state index contributed by atoms with van der Waals surface area (Å²) in [6, 6.07) is 2.64. The van der Waals surface area contributed by atoms with Gasteiger partial charge in [0.2, 0.25) is 0 Å². The zero-order valence-electron chi connectivity index (χ0n) is 7.13. The Morgan fingerprint density at radius 2 is 2.21 bits per heavy atom. The van der Waals surface area contributed by atoms with Gasteiger partial charge in [0, 0.05) is 0 Å². The highest BCUT2D eigenvalue weighted by Gasteiger charge is 2.20. The minimum absolute atomic E-state index is 0.217. The van der Waals surface area contributed by atoms with Crippen LogP contribution in [0.2, 0.25) is 0 Å². The van der Waals surface area contributed by atoms with Crippen molar-refractivity contribution in [1.82, 2.24) is 4.98 Å². The molecule has 0 radical (unpaired) electrons. The molecule has 0 aliphatic heterocycles. The second-order valence-corrected chi connectivity index (χ2v) is 3.17. The third-order valence-corrected chi connectivity index (χ3v) is 1.94. The average molecular weight is 266 g/mol. The minimum Gasteiger partial charge on any atom is -0.465 e. The number of nitrogens with zero attached hydrogens (tertiary/aromatic N) is 1. The molecule has 76 valence electrons. The van der Waals surface area contributed by atoms with E-state index < -0.39 is 18.1 Å². The quantitative estimate of drug-likeness (QED) is 0.610. The molecule has 3 nitrogen and oxygen atoms in total. The van der Waals surface area contributed by atoms with Gasteiger partial charge in [0.15, 0.2) is 0 Å². The van der Waals surface area contributed by atoms with E-state index >= 15 is 0 Å². The number of aromatic nitrogens is 1. The lowest BCUT2D eigenvalue weighted by Crippen LogP contribution is -2.08. The van der Waals surface area contributed by atoms with Gasteiger partial charge in [-0.15, -0.1) is 0 Å². The molecule has 0 saturated heterocycles. The lowest BCUT2D eigenvalue weighted by molar-refractivity contribution is 0.0587. The SMILES string of the molecule is COC(=O)c1ccc(Br)nc1C(F)F. The van der Waals surface area contributed by atoms with E-state index in [2.05, 4.69) is 25.7 Å². The molecule has 0 spiro atoms. The van der Waals surface area contributed by atoms with Gasteiger partial charge in [-0.05, 0) is 28.1 Å². The maximum atomic E-state index is 12.4. The fourth-order valence-electron chi connectivity index (χ4n) is 0.899. The van der Waals surface area contributed by atoms with E-state index in [1.807, 2.05) is 0 Å². The summed E-state index contributed by atoms with van der Waals surface area (Å²) in [4.78, 5) is 14.5. The molecule has 0 aliphatic rings. The van der Waals surface area contributed by atoms with Crippen LogP contribution in [-0.2, 0) is 4.74 Å². The maximum absolute atomic E-state index is 12.4. The van der Waals surface area contributed by atoms with Crippen molar-refractivity contribution in [3.05, 3.63) is 28.0 Å². The lowest BCUT2D eigenvalue weighted by atomic mass is 10.2. The Balaban J connectivity index is 3.21. The van der Waals surface area contributed by atoms with Crippen molar-refractivity contribution in [2.24, 2.45) is 0 Å². The normalized spacial score (nSPS) is 10.4. The number of hydrogen-bond donors (Lipinski definition) is 0. The number of esters is 1. The van der Waals surface area contributed by atoms with E-state index in [4.69, 9.17) is 0 Å². The summed E-state index contributed by atoms with van der Waals surface area (Å²) in [6.45, 7) is 0. The molecular weight excluding hydrogens is 260 g/mol. The van der Waals surface area contributed by atoms with Gasteiger partial charge in [0.1, 0.15) is 10.3 Å². The molecule has 0 amide bonds. The fourth-order valence-corrected chi connectivity index (χ4v) is 1.22. The second kappa shape index (κ2) is 4.45. The molecule has 1 aromatic heterocycles. The van der Waals surface area contributed by atoms with Gasteiger partial charge in [0.25, 0.3) is 6.43 Å². The summed E-state index contributed by atoms with van der Waals surface area (Å²) in [5, 5.41) is 0. The number of halogens is 3. The molecular formula is C8H6BrF2NO2. The van der Waals surface area contributed by atoms with E-state index in [1.54, 1.807) is 0 Å². The van der Waals surface area contributed by atoms with Crippen molar-refractivity contribution in [3.8, 4) is 0 Å². The van der Waals surface area contributed by atoms with E-state index in [-0.39, 0.29) is 10.2 Å². The number of carbonyl (C=O) groups excluding carboxylic acids is 1. The molecule has 1 rings (SSSR count). The molecule has 1 aromatic rings. The number of ether oxygens (including phenoxy) is 1. The van der Waals surface area contributed by atoms with Crippen molar-refractivity contribution >= 4 is 21.9 Å². The molecule has 0 N–H and O–H groups in total. The fraction of sp³-hybridized carbons (Fsp3) is 0.250. The number of alkyl halides is 2. The van der Waals surface area contributed by atoms with Crippen molar-refractivity contribution in [2.45, 2.75) is 6.43 Å². The van der Waals surface area contributed by atoms with E-state index in [1.165, 1.54) is 12.1 Å². The van der Waals surface area contributed by atoms with Gasteiger partial charge in [-0.3, -0.25) is 0 Å². The van der Waals surface area contributed by atoms with Crippen LogP contribution in [0.15, 0.2) is 16.7 Å². The smallest absolute Gasteiger partial charge is 0.339 e. The molecule has 0 unspecified atom stereocenters. The molecule has 0 atom stereocenters. The van der Waals surface area contributed by atoms with E-state index in [0.717, 1.165) is 7.11 Å². The molecule has 1 heterocycles. The first-order valence-electron chi connectivity index (χ1n) is 3.59. The molecule has 0 fully saturated rings. The van der Waals surface area contributed by atoms with Crippen LogP contribution in [0.4, 0.5) is 8.78 Å². The first kappa shape index (κ1) is 11.0. The first-order valence-corrected chi connectivity index (χ1v) is 4.38. The minimum atomic E-state index is -2.80. The number of hydrogen-bond acceptors (Lipinski definition) is 3. The van der Waals surface area contributed by atoms with Crippen molar-refractivity contribution < 1.29 is 18.3 Å². The number of rotatable bonds is 2. The van der Waals surface area contributed by atoms with Gasteiger partial charge in [-0.25, -0.2) is 18.6 Å². The molecule has 0 aromatic carbocycles. The summed E-state index contributed by atoms with van der Waals surface area (Å²) in [6.07, 6.45) is -2.80. The van der Waals surface area contributed by atoms with Crippen LogP contribution in [0.3, 0.4) is 0 Å². The Hall–Kier alpha value is -1.04.